The monoisotopic (exact) mass is 1400 g/mol. The van der Waals surface area contributed by atoms with Gasteiger partial charge in [0.15, 0.2) is 5.60 Å². The summed E-state index contributed by atoms with van der Waals surface area (Å²) in [7, 11) is 0. The zero-order valence-electron chi connectivity index (χ0n) is 59.3. The predicted molar refractivity (Wildman–Crippen MR) is 384 cm³/mol. The number of aromatic hydroxyl groups is 2. The molecule has 6 aromatic rings. The fourth-order valence-corrected chi connectivity index (χ4v) is 17.8. The maximum atomic E-state index is 14.8. The van der Waals surface area contributed by atoms with E-state index in [2.05, 4.69) is 83.0 Å². The highest BCUT2D eigenvalue weighted by Gasteiger charge is 2.59. The van der Waals surface area contributed by atoms with Crippen molar-refractivity contribution in [2.45, 2.75) is 159 Å². The van der Waals surface area contributed by atoms with Crippen molar-refractivity contribution in [3.05, 3.63) is 190 Å². The van der Waals surface area contributed by atoms with Gasteiger partial charge >= 0.3 is 5.97 Å². The largest absolute Gasteiger partial charge is 0.508 e. The van der Waals surface area contributed by atoms with Gasteiger partial charge in [-0.15, -0.1) is 0 Å². The molecule has 0 aromatic heterocycles. The predicted octanol–water partition coefficient (Wildman–Crippen LogP) is 6.76. The van der Waals surface area contributed by atoms with E-state index in [0.717, 1.165) is 23.1 Å². The van der Waals surface area contributed by atoms with Crippen LogP contribution in [-0.2, 0) is 58.4 Å². The molecule has 5 heterocycles. The number of nitrogens with one attached hydrogen (secondary N) is 6. The van der Waals surface area contributed by atoms with Crippen LogP contribution in [0.15, 0.2) is 146 Å². The summed E-state index contributed by atoms with van der Waals surface area (Å²) in [6.45, 7) is 15.1. The maximum absolute atomic E-state index is 14.8. The van der Waals surface area contributed by atoms with Gasteiger partial charge < -0.3 is 57.3 Å². The molecule has 1 spiro atoms. The summed E-state index contributed by atoms with van der Waals surface area (Å²) in [6, 6.07) is 40.6. The number of fused-ring (bicyclic) bond motifs is 6. The van der Waals surface area contributed by atoms with Crippen molar-refractivity contribution in [1.82, 2.24) is 46.6 Å². The lowest BCUT2D eigenvalue weighted by molar-refractivity contribution is -0.142. The molecule has 540 valence electrons. The van der Waals surface area contributed by atoms with Crippen LogP contribution in [0, 0.1) is 34.0 Å². The fourth-order valence-electron chi connectivity index (χ4n) is 17.8. The van der Waals surface area contributed by atoms with Crippen molar-refractivity contribution in [3.8, 4) is 23.0 Å². The molecule has 22 heteroatoms. The minimum absolute atomic E-state index is 0.0649. The minimum atomic E-state index is -1.56. The number of phenols is 2. The number of likely N-dealkylation sites (tertiary alicyclic amines) is 3. The van der Waals surface area contributed by atoms with Crippen molar-refractivity contribution < 1.29 is 58.0 Å². The quantitative estimate of drug-likeness (QED) is 0.0317. The minimum Gasteiger partial charge on any atom is -0.508 e. The third-order valence-electron chi connectivity index (χ3n) is 24.5. The van der Waals surface area contributed by atoms with Gasteiger partial charge in [0.25, 0.3) is 5.91 Å². The van der Waals surface area contributed by atoms with Gasteiger partial charge in [0, 0.05) is 122 Å². The number of carbonyl (C=O) groups is 8. The summed E-state index contributed by atoms with van der Waals surface area (Å²) in [5.74, 6) is -3.39. The second-order valence-electron chi connectivity index (χ2n) is 31.7. The molecule has 6 aromatic carbocycles. The van der Waals surface area contributed by atoms with Crippen molar-refractivity contribution in [2.75, 3.05) is 39.3 Å². The average molecular weight is 1400 g/mol. The van der Waals surface area contributed by atoms with Gasteiger partial charge in [0.05, 0.1) is 29.3 Å². The van der Waals surface area contributed by atoms with E-state index in [0.29, 0.717) is 107 Å². The average Bonchev–Trinajstić information content (AvgIpc) is 1.57. The van der Waals surface area contributed by atoms with Gasteiger partial charge in [-0.1, -0.05) is 145 Å². The van der Waals surface area contributed by atoms with Gasteiger partial charge in [0.2, 0.25) is 35.4 Å². The fraction of sp³-hybridized carbons (Fsp3) is 0.457. The van der Waals surface area contributed by atoms with E-state index in [4.69, 9.17) is 15.2 Å². The number of primary amides is 1. The number of phenolic OH excluding ortho intramolecular Hbond substituents is 2. The molecule has 103 heavy (non-hydrogen) atoms. The zero-order valence-corrected chi connectivity index (χ0v) is 59.3. The summed E-state index contributed by atoms with van der Waals surface area (Å²) in [5, 5.41) is 40.5. The first-order valence-electron chi connectivity index (χ1n) is 36.4. The molecule has 6 fully saturated rings. The molecule has 0 radical (unpaired) electrons. The van der Waals surface area contributed by atoms with Crippen molar-refractivity contribution in [2.24, 2.45) is 39.7 Å². The Balaban J connectivity index is 0.583. The van der Waals surface area contributed by atoms with Crippen molar-refractivity contribution in [1.29, 1.82) is 0 Å². The Morgan fingerprint density at radius 2 is 0.825 bits per heavy atom. The Morgan fingerprint density at radius 1 is 0.447 bits per heavy atom. The van der Waals surface area contributed by atoms with E-state index in [1.807, 2.05) is 96.1 Å². The first-order chi connectivity index (χ1) is 49.3. The lowest BCUT2D eigenvalue weighted by atomic mass is 9.58. The highest BCUT2D eigenvalue weighted by atomic mass is 16.6. The van der Waals surface area contributed by atoms with Crippen LogP contribution in [0.2, 0.25) is 0 Å². The van der Waals surface area contributed by atoms with E-state index in [-0.39, 0.29) is 99.8 Å². The number of carbonyl (C=O) groups excluding carboxylic acids is 8. The molecule has 5 aliphatic heterocycles. The molecule has 12 atom stereocenters. The smallest absolute Gasteiger partial charge is 0.340 e. The lowest BCUT2D eigenvalue weighted by Crippen LogP contribution is -2.64. The second-order valence-corrected chi connectivity index (χ2v) is 31.7. The number of hydrogen-bond donors (Lipinski definition) is 9. The van der Waals surface area contributed by atoms with Crippen LogP contribution in [0.25, 0.3) is 0 Å². The number of ether oxygens (including phenoxy) is 2. The van der Waals surface area contributed by atoms with E-state index < -0.39 is 75.6 Å². The molecule has 1 unspecified atom stereocenters. The maximum Gasteiger partial charge on any atom is 0.340 e. The molecule has 3 saturated carbocycles. The Labute approximate surface area is 600 Å². The Bertz CT molecular complexity index is 4230. The Morgan fingerprint density at radius 3 is 1.21 bits per heavy atom. The molecule has 7 amide bonds. The first-order valence-corrected chi connectivity index (χ1v) is 36.4. The van der Waals surface area contributed by atoms with E-state index in [9.17, 15) is 48.6 Å². The molecule has 14 rings (SSSR count). The number of esters is 1. The van der Waals surface area contributed by atoms with Crippen LogP contribution < -0.4 is 42.4 Å². The number of nitrogens with zero attached hydrogens (tertiary/aromatic N) is 3. The number of hydrogen-bond acceptors (Lipinski definition) is 15. The van der Waals surface area contributed by atoms with Gasteiger partial charge in [-0.25, -0.2) is 4.79 Å². The van der Waals surface area contributed by atoms with Crippen LogP contribution in [0.4, 0.5) is 0 Å². The van der Waals surface area contributed by atoms with Gasteiger partial charge in [-0.05, 0) is 121 Å². The van der Waals surface area contributed by atoms with E-state index >= 15 is 0 Å². The van der Waals surface area contributed by atoms with Gasteiger partial charge in [-0.2, -0.15) is 0 Å². The summed E-state index contributed by atoms with van der Waals surface area (Å²) >= 11 is 0. The highest BCUT2D eigenvalue weighted by Crippen LogP contribution is 2.58. The lowest BCUT2D eigenvalue weighted by Gasteiger charge is -2.51. The van der Waals surface area contributed by atoms with Crippen LogP contribution in [0.1, 0.15) is 134 Å². The normalized spacial score (nSPS) is 27.4. The van der Waals surface area contributed by atoms with Crippen LogP contribution in [0.3, 0.4) is 0 Å². The molecular formula is C81H94N10O12. The van der Waals surface area contributed by atoms with E-state index in [1.165, 1.54) is 24.3 Å². The molecule has 3 saturated heterocycles. The number of amides is 7. The van der Waals surface area contributed by atoms with E-state index in [1.54, 1.807) is 30.3 Å². The first kappa shape index (κ1) is 70.4. The summed E-state index contributed by atoms with van der Waals surface area (Å²) in [6.07, 6.45) is 4.54. The highest BCUT2D eigenvalue weighted by molar-refractivity contribution is 6.09. The van der Waals surface area contributed by atoms with Gasteiger partial charge in [-0.3, -0.25) is 48.3 Å². The Kier molecular flexibility index (Phi) is 19.0. The van der Waals surface area contributed by atoms with Crippen LogP contribution >= 0.6 is 0 Å². The molecular weight excluding hydrogens is 1300 g/mol. The topological polar surface area (TPSA) is 303 Å². The molecule has 0 bridgehead atoms. The number of rotatable bonds is 22. The molecule has 22 nitrogen and oxygen atoms in total. The molecule has 10 N–H and O–H groups in total. The summed E-state index contributed by atoms with van der Waals surface area (Å²) < 4.78 is 12.4. The molecule has 3 aliphatic carbocycles. The number of nitrogens with two attached hydrogens (primary N) is 1. The third-order valence-corrected chi connectivity index (χ3v) is 24.5. The third kappa shape index (κ3) is 13.5. The number of benzene rings is 6. The standard InChI is InChI=1S/C81H94N10O12/c1-78(2)58(40-66(78)86-71(95)54-23-16-24-57-69(54)77(101)103-81(57)55-27-25-52(92)38-64(55)102-65-39-53(93)26-28-56(65)81)73(97)84-50-36-62(90(44-50)33-30-47-19-12-8-13-20-47)76(100)88-68-42-60(80(68,5)6)74(98)85-51-37-63(91(45-51)34-31-48-21-14-9-15-22-48)75(99)87-67-41-59(79(67,3)4)72(96)83-49-35-61(70(82)94)89(43-49)32-29-46-17-10-7-11-18-46/h7-28,38-39,49-51,58-63,66-68,92-93H,29-37,40-45H2,1-6H3,(H2,82,94)(H,83,96)(H,84,97)(H,85,98)(H,86,95)(H,87,99)(H,88,100)/t49-,50-,51-,58+,59+,60+,61-,62-,63-,66+,67?,68+/m0/s1. The van der Waals surface area contributed by atoms with Gasteiger partial charge in [0.1, 0.15) is 23.0 Å². The Hall–Kier alpha value is -9.64. The SMILES string of the molecule is CC1(C)C(NC(=O)[C@@H]2C[C@H](NC(=O)[C@H]3C[C@@H](NC(=O)[C@@H]4C[C@H](NC(=O)[C@H]5C[C@@H](NC(=O)c6cccc7c6C(=O)OC76c7ccc(O)cc7Oc7cc(O)ccc76)C5(C)C)CN4CCc4ccccc4)C3(C)C)CN2CCc2ccccc2)C[C@@H]1C(=O)N[C@H]1C[C@@H](C(N)=O)N(CCc2ccccc2)C1. The van der Waals surface area contributed by atoms with Crippen LogP contribution in [0.5, 0.6) is 23.0 Å². The van der Waals surface area contributed by atoms with Crippen molar-refractivity contribution in [3.63, 3.8) is 0 Å². The summed E-state index contributed by atoms with van der Waals surface area (Å²) in [5.41, 5.74) is 7.22. The molecule has 8 aliphatic rings. The van der Waals surface area contributed by atoms with Crippen LogP contribution in [-0.4, -0.2) is 166 Å². The second kappa shape index (κ2) is 27.9. The summed E-state index contributed by atoms with van der Waals surface area (Å²) in [4.78, 5) is 120. The zero-order chi connectivity index (χ0) is 72.4. The van der Waals surface area contributed by atoms with Crippen molar-refractivity contribution >= 4 is 47.3 Å².